The SMILES string of the molecule is CSc1nc(CCN)c2c(n1)CCCC2O. The highest BCUT2D eigenvalue weighted by Gasteiger charge is 2.24. The fraction of sp³-hybridized carbons (Fsp3) is 0.636. The van der Waals surface area contributed by atoms with Crippen molar-refractivity contribution in [2.45, 2.75) is 36.9 Å². The maximum absolute atomic E-state index is 10.0. The fourth-order valence-corrected chi connectivity index (χ4v) is 2.55. The molecule has 0 aliphatic heterocycles. The van der Waals surface area contributed by atoms with Gasteiger partial charge in [0.2, 0.25) is 0 Å². The standard InChI is InChI=1S/C11H17N3OS/c1-16-11-13-7-3-2-4-9(15)10(7)8(14-11)5-6-12/h9,15H,2-6,12H2,1H3. The average Bonchev–Trinajstić information content (AvgIpc) is 2.29. The first-order valence-electron chi connectivity index (χ1n) is 5.58. The number of aromatic nitrogens is 2. The molecule has 0 aromatic carbocycles. The van der Waals surface area contributed by atoms with Crippen molar-refractivity contribution in [2.24, 2.45) is 5.73 Å². The highest BCUT2D eigenvalue weighted by atomic mass is 32.2. The van der Waals surface area contributed by atoms with E-state index in [2.05, 4.69) is 9.97 Å². The third-order valence-electron chi connectivity index (χ3n) is 2.87. The Morgan fingerprint density at radius 1 is 1.50 bits per heavy atom. The van der Waals surface area contributed by atoms with Crippen LogP contribution in [0, 0.1) is 0 Å². The van der Waals surface area contributed by atoms with Crippen molar-refractivity contribution in [3.8, 4) is 0 Å². The summed E-state index contributed by atoms with van der Waals surface area (Å²) >= 11 is 1.54. The lowest BCUT2D eigenvalue weighted by Gasteiger charge is -2.23. The second-order valence-corrected chi connectivity index (χ2v) is 4.74. The Morgan fingerprint density at radius 3 is 3.00 bits per heavy atom. The maximum atomic E-state index is 10.0. The van der Waals surface area contributed by atoms with Gasteiger partial charge < -0.3 is 10.8 Å². The van der Waals surface area contributed by atoms with Crippen LogP contribution in [0.1, 0.15) is 35.9 Å². The zero-order chi connectivity index (χ0) is 11.5. The Labute approximate surface area is 99.7 Å². The van der Waals surface area contributed by atoms with E-state index in [1.54, 1.807) is 0 Å². The predicted molar refractivity (Wildman–Crippen MR) is 64.5 cm³/mol. The minimum absolute atomic E-state index is 0.402. The van der Waals surface area contributed by atoms with Gasteiger partial charge in [-0.1, -0.05) is 11.8 Å². The van der Waals surface area contributed by atoms with Crippen LogP contribution in [0.2, 0.25) is 0 Å². The molecule has 0 spiro atoms. The Morgan fingerprint density at radius 2 is 2.31 bits per heavy atom. The molecule has 1 unspecified atom stereocenters. The van der Waals surface area contributed by atoms with Crippen LogP contribution < -0.4 is 5.73 Å². The van der Waals surface area contributed by atoms with E-state index in [1.807, 2.05) is 6.26 Å². The van der Waals surface area contributed by atoms with Crippen LogP contribution in [0.3, 0.4) is 0 Å². The van der Waals surface area contributed by atoms with E-state index >= 15 is 0 Å². The molecule has 0 bridgehead atoms. The highest BCUT2D eigenvalue weighted by Crippen LogP contribution is 2.31. The molecule has 4 nitrogen and oxygen atoms in total. The molecule has 1 atom stereocenters. The van der Waals surface area contributed by atoms with Crippen molar-refractivity contribution in [3.05, 3.63) is 17.0 Å². The summed E-state index contributed by atoms with van der Waals surface area (Å²) in [5, 5.41) is 10.8. The van der Waals surface area contributed by atoms with Crippen molar-refractivity contribution < 1.29 is 5.11 Å². The van der Waals surface area contributed by atoms with Crippen LogP contribution in [0.25, 0.3) is 0 Å². The first-order valence-corrected chi connectivity index (χ1v) is 6.80. The lowest BCUT2D eigenvalue weighted by molar-refractivity contribution is 0.153. The van der Waals surface area contributed by atoms with Crippen molar-refractivity contribution in [1.82, 2.24) is 9.97 Å². The zero-order valence-corrected chi connectivity index (χ0v) is 10.3. The number of aryl methyl sites for hydroxylation is 1. The van der Waals surface area contributed by atoms with E-state index in [0.717, 1.165) is 47.8 Å². The molecule has 88 valence electrons. The molecule has 1 aromatic heterocycles. The number of hydrogen-bond acceptors (Lipinski definition) is 5. The summed E-state index contributed by atoms with van der Waals surface area (Å²) in [6, 6.07) is 0. The third kappa shape index (κ3) is 2.21. The lowest BCUT2D eigenvalue weighted by atomic mass is 9.91. The molecule has 1 aliphatic carbocycles. The van der Waals surface area contributed by atoms with Crippen LogP contribution >= 0.6 is 11.8 Å². The smallest absolute Gasteiger partial charge is 0.187 e. The summed E-state index contributed by atoms with van der Waals surface area (Å²) < 4.78 is 0. The summed E-state index contributed by atoms with van der Waals surface area (Å²) in [6.07, 6.45) is 5.04. The number of fused-ring (bicyclic) bond motifs is 1. The second kappa shape index (κ2) is 5.12. The van der Waals surface area contributed by atoms with Gasteiger partial charge in [0.05, 0.1) is 17.5 Å². The number of thioether (sulfide) groups is 1. The maximum Gasteiger partial charge on any atom is 0.187 e. The Kier molecular flexibility index (Phi) is 3.78. The van der Waals surface area contributed by atoms with Gasteiger partial charge in [0.1, 0.15) is 0 Å². The first kappa shape index (κ1) is 11.8. The van der Waals surface area contributed by atoms with Gasteiger partial charge in [-0.25, -0.2) is 9.97 Å². The molecular weight excluding hydrogens is 222 g/mol. The normalized spacial score (nSPS) is 19.6. The number of nitrogens with zero attached hydrogens (tertiary/aromatic N) is 2. The van der Waals surface area contributed by atoms with Crippen LogP contribution in [0.5, 0.6) is 0 Å². The summed E-state index contributed by atoms with van der Waals surface area (Å²) in [6.45, 7) is 0.560. The lowest BCUT2D eigenvalue weighted by Crippen LogP contribution is -2.18. The molecule has 0 saturated heterocycles. The van der Waals surface area contributed by atoms with Crippen molar-refractivity contribution >= 4 is 11.8 Å². The van der Waals surface area contributed by atoms with Gasteiger partial charge in [0.25, 0.3) is 0 Å². The van der Waals surface area contributed by atoms with E-state index in [0.29, 0.717) is 6.54 Å². The first-order chi connectivity index (χ1) is 7.76. The zero-order valence-electron chi connectivity index (χ0n) is 9.44. The van der Waals surface area contributed by atoms with Gasteiger partial charge in [-0.05, 0) is 32.1 Å². The molecule has 16 heavy (non-hydrogen) atoms. The molecule has 0 saturated carbocycles. The van der Waals surface area contributed by atoms with E-state index in [4.69, 9.17) is 5.73 Å². The quantitative estimate of drug-likeness (QED) is 0.610. The van der Waals surface area contributed by atoms with E-state index in [9.17, 15) is 5.11 Å². The van der Waals surface area contributed by atoms with Crippen LogP contribution in [-0.2, 0) is 12.8 Å². The number of aliphatic hydroxyl groups excluding tert-OH is 1. The molecule has 1 aromatic rings. The Bertz CT molecular complexity index is 384. The van der Waals surface area contributed by atoms with Crippen molar-refractivity contribution in [3.63, 3.8) is 0 Å². The van der Waals surface area contributed by atoms with Crippen molar-refractivity contribution in [2.75, 3.05) is 12.8 Å². The molecule has 1 aliphatic rings. The van der Waals surface area contributed by atoms with E-state index < -0.39 is 6.10 Å². The number of rotatable bonds is 3. The molecule has 1 heterocycles. The largest absolute Gasteiger partial charge is 0.388 e. The van der Waals surface area contributed by atoms with Crippen LogP contribution in [0.4, 0.5) is 0 Å². The predicted octanol–water partition coefficient (Wildman–Crippen LogP) is 1.07. The van der Waals surface area contributed by atoms with Gasteiger partial charge in [-0.3, -0.25) is 0 Å². The van der Waals surface area contributed by atoms with Gasteiger partial charge >= 0.3 is 0 Å². The van der Waals surface area contributed by atoms with Gasteiger partial charge in [0.15, 0.2) is 5.16 Å². The molecular formula is C11H17N3OS. The van der Waals surface area contributed by atoms with Gasteiger partial charge in [0, 0.05) is 12.0 Å². The molecule has 2 rings (SSSR count). The fourth-order valence-electron chi connectivity index (χ4n) is 2.14. The van der Waals surface area contributed by atoms with E-state index in [1.165, 1.54) is 11.8 Å². The molecule has 5 heteroatoms. The number of aliphatic hydroxyl groups is 1. The monoisotopic (exact) mass is 239 g/mol. The summed E-state index contributed by atoms with van der Waals surface area (Å²) in [5.41, 5.74) is 8.47. The topological polar surface area (TPSA) is 72.0 Å². The van der Waals surface area contributed by atoms with Gasteiger partial charge in [-0.2, -0.15) is 0 Å². The minimum Gasteiger partial charge on any atom is -0.388 e. The average molecular weight is 239 g/mol. The van der Waals surface area contributed by atoms with Crippen LogP contribution in [-0.4, -0.2) is 27.9 Å². The highest BCUT2D eigenvalue weighted by molar-refractivity contribution is 7.98. The number of nitrogens with two attached hydrogens (primary N) is 1. The third-order valence-corrected chi connectivity index (χ3v) is 3.42. The molecule has 0 amide bonds. The Hall–Kier alpha value is -0.650. The minimum atomic E-state index is -0.402. The number of hydrogen-bond donors (Lipinski definition) is 2. The summed E-state index contributed by atoms with van der Waals surface area (Å²) in [4.78, 5) is 8.93. The Balaban J connectivity index is 2.47. The summed E-state index contributed by atoms with van der Waals surface area (Å²) in [5.74, 6) is 0. The van der Waals surface area contributed by atoms with Crippen LogP contribution in [0.15, 0.2) is 5.16 Å². The second-order valence-electron chi connectivity index (χ2n) is 3.96. The van der Waals surface area contributed by atoms with E-state index in [-0.39, 0.29) is 0 Å². The molecule has 0 fully saturated rings. The van der Waals surface area contributed by atoms with Gasteiger partial charge in [-0.15, -0.1) is 0 Å². The summed E-state index contributed by atoms with van der Waals surface area (Å²) in [7, 11) is 0. The molecule has 0 radical (unpaired) electrons. The van der Waals surface area contributed by atoms with Crippen molar-refractivity contribution in [1.29, 1.82) is 0 Å². The molecule has 3 N–H and O–H groups in total.